The van der Waals surface area contributed by atoms with Crippen molar-refractivity contribution in [2.75, 3.05) is 10.5 Å². The molecule has 0 fully saturated rings. The number of nitrogens with zero attached hydrogens (tertiary/aromatic N) is 2. The molecule has 20 heavy (non-hydrogen) atoms. The van der Waals surface area contributed by atoms with Crippen LogP contribution in [0.25, 0.3) is 0 Å². The van der Waals surface area contributed by atoms with Crippen LogP contribution in [0, 0.1) is 6.92 Å². The summed E-state index contributed by atoms with van der Waals surface area (Å²) in [5.74, 6) is -0.0423. The second kappa shape index (κ2) is 5.38. The third-order valence-electron chi connectivity index (χ3n) is 2.59. The fourth-order valence-electron chi connectivity index (χ4n) is 1.74. The topological polar surface area (TPSA) is 90.0 Å². The number of aromatic nitrogens is 2. The molecule has 0 amide bonds. The first kappa shape index (κ1) is 15.3. The molecule has 2 rings (SSSR count). The Balaban J connectivity index is 2.50. The number of sulfonamides is 1. The van der Waals surface area contributed by atoms with Gasteiger partial charge < -0.3 is 10.3 Å². The second-order valence-electron chi connectivity index (χ2n) is 4.25. The highest BCUT2D eigenvalue weighted by molar-refractivity contribution is 9.11. The molecule has 0 saturated heterocycles. The number of hydrogen-bond donors (Lipinski definition) is 2. The number of imidazole rings is 1. The molecule has 0 aliphatic rings. The third-order valence-corrected chi connectivity index (χ3v) is 5.32. The van der Waals surface area contributed by atoms with Crippen LogP contribution in [-0.4, -0.2) is 18.0 Å². The number of anilines is 2. The third kappa shape index (κ3) is 2.84. The van der Waals surface area contributed by atoms with E-state index in [-0.39, 0.29) is 10.8 Å². The molecular weight excluding hydrogens is 412 g/mol. The maximum Gasteiger partial charge on any atom is 0.281 e. The number of hydrogen-bond acceptors (Lipinski definition) is 4. The predicted molar refractivity (Wildman–Crippen MR) is 85.0 cm³/mol. The molecule has 0 spiro atoms. The molecule has 6 nitrogen and oxygen atoms in total. The van der Waals surface area contributed by atoms with E-state index in [1.165, 1.54) is 10.9 Å². The molecule has 0 aliphatic carbocycles. The Labute approximate surface area is 133 Å². The molecule has 0 radical (unpaired) electrons. The minimum atomic E-state index is -3.82. The van der Waals surface area contributed by atoms with Crippen LogP contribution < -0.4 is 10.5 Å². The van der Waals surface area contributed by atoms with E-state index < -0.39 is 10.0 Å². The standard InChI is InChI=1S/C11H12Br2N4O2S/c1-6-3-7(12)9(8(13)4-6)16-20(18,19)11-10(14)15-5-17(11)2/h3-5,16H,14H2,1-2H3. The Morgan fingerprint density at radius 3 is 2.30 bits per heavy atom. The van der Waals surface area contributed by atoms with Gasteiger partial charge in [-0.1, -0.05) is 0 Å². The lowest BCUT2D eigenvalue weighted by Gasteiger charge is -2.13. The molecule has 0 atom stereocenters. The van der Waals surface area contributed by atoms with Crippen molar-refractivity contribution in [3.05, 3.63) is 33.0 Å². The summed E-state index contributed by atoms with van der Waals surface area (Å²) in [5, 5.41) is -0.0723. The Bertz CT molecular complexity index is 728. The maximum absolute atomic E-state index is 12.4. The Morgan fingerprint density at radius 1 is 1.30 bits per heavy atom. The van der Waals surface area contributed by atoms with Crippen molar-refractivity contribution in [2.45, 2.75) is 11.9 Å². The first-order valence-corrected chi connectivity index (χ1v) is 8.54. The van der Waals surface area contributed by atoms with Gasteiger partial charge >= 0.3 is 0 Å². The fraction of sp³-hybridized carbons (Fsp3) is 0.182. The average Bonchev–Trinajstić information content (AvgIpc) is 2.64. The van der Waals surface area contributed by atoms with Crippen LogP contribution in [0.3, 0.4) is 0 Å². The Hall–Kier alpha value is -1.06. The van der Waals surface area contributed by atoms with Gasteiger partial charge in [-0.2, -0.15) is 8.42 Å². The highest BCUT2D eigenvalue weighted by Gasteiger charge is 2.24. The largest absolute Gasteiger partial charge is 0.381 e. The molecule has 108 valence electrons. The van der Waals surface area contributed by atoms with E-state index in [4.69, 9.17) is 5.73 Å². The van der Waals surface area contributed by atoms with E-state index in [2.05, 4.69) is 41.6 Å². The number of nitrogen functional groups attached to an aromatic ring is 1. The first-order valence-electron chi connectivity index (χ1n) is 5.47. The van der Waals surface area contributed by atoms with Crippen molar-refractivity contribution in [1.82, 2.24) is 9.55 Å². The molecule has 1 heterocycles. The van der Waals surface area contributed by atoms with Gasteiger partial charge in [-0.05, 0) is 56.5 Å². The SMILES string of the molecule is Cc1cc(Br)c(NS(=O)(=O)c2c(N)ncn2C)c(Br)c1. The van der Waals surface area contributed by atoms with Crippen LogP contribution in [-0.2, 0) is 17.1 Å². The van der Waals surface area contributed by atoms with Gasteiger partial charge in [-0.25, -0.2) is 4.98 Å². The number of halogens is 2. The van der Waals surface area contributed by atoms with Crippen molar-refractivity contribution in [1.29, 1.82) is 0 Å². The first-order chi connectivity index (χ1) is 9.22. The van der Waals surface area contributed by atoms with Crippen LogP contribution >= 0.6 is 31.9 Å². The van der Waals surface area contributed by atoms with Crippen LogP contribution in [0.5, 0.6) is 0 Å². The lowest BCUT2D eigenvalue weighted by atomic mass is 10.2. The van der Waals surface area contributed by atoms with Crippen molar-refractivity contribution < 1.29 is 8.42 Å². The molecule has 9 heteroatoms. The maximum atomic E-state index is 12.4. The zero-order chi connectivity index (χ0) is 15.1. The zero-order valence-corrected chi connectivity index (χ0v) is 14.7. The number of nitrogens with two attached hydrogens (primary N) is 1. The predicted octanol–water partition coefficient (Wildman–Crippen LogP) is 2.64. The van der Waals surface area contributed by atoms with Crippen LogP contribution in [0.4, 0.5) is 11.5 Å². The van der Waals surface area contributed by atoms with Crippen molar-refractivity contribution in [2.24, 2.45) is 7.05 Å². The number of aryl methyl sites for hydroxylation is 2. The van der Waals surface area contributed by atoms with Gasteiger partial charge in [0, 0.05) is 16.0 Å². The highest BCUT2D eigenvalue weighted by Crippen LogP contribution is 2.34. The zero-order valence-electron chi connectivity index (χ0n) is 10.7. The molecule has 1 aromatic heterocycles. The highest BCUT2D eigenvalue weighted by atomic mass is 79.9. The molecule has 0 unspecified atom stereocenters. The Kier molecular flexibility index (Phi) is 4.12. The summed E-state index contributed by atoms with van der Waals surface area (Å²) in [5.41, 5.74) is 7.01. The molecule has 2 aromatic rings. The molecule has 3 N–H and O–H groups in total. The minimum absolute atomic E-state index is 0.0423. The fourth-order valence-corrected chi connectivity index (χ4v) is 4.96. The summed E-state index contributed by atoms with van der Waals surface area (Å²) in [7, 11) is -2.26. The minimum Gasteiger partial charge on any atom is -0.381 e. The summed E-state index contributed by atoms with van der Waals surface area (Å²) in [6, 6.07) is 3.63. The summed E-state index contributed by atoms with van der Waals surface area (Å²) in [6.07, 6.45) is 1.35. The van der Waals surface area contributed by atoms with Gasteiger partial charge in [-0.15, -0.1) is 0 Å². The van der Waals surface area contributed by atoms with E-state index in [0.717, 1.165) is 5.56 Å². The van der Waals surface area contributed by atoms with Crippen molar-refractivity contribution in [3.8, 4) is 0 Å². The molecule has 0 saturated carbocycles. The number of rotatable bonds is 3. The summed E-state index contributed by atoms with van der Waals surface area (Å²) in [4.78, 5) is 3.78. The van der Waals surface area contributed by atoms with Crippen LogP contribution in [0.15, 0.2) is 32.4 Å². The normalized spacial score (nSPS) is 11.6. The quantitative estimate of drug-likeness (QED) is 0.793. The van der Waals surface area contributed by atoms with E-state index >= 15 is 0 Å². The van der Waals surface area contributed by atoms with Gasteiger partial charge in [0.1, 0.15) is 0 Å². The lowest BCUT2D eigenvalue weighted by Crippen LogP contribution is -2.18. The molecular formula is C11H12Br2N4O2S. The van der Waals surface area contributed by atoms with E-state index in [0.29, 0.717) is 14.6 Å². The summed E-state index contributed by atoms with van der Waals surface area (Å²) in [6.45, 7) is 1.91. The van der Waals surface area contributed by atoms with Crippen LogP contribution in [0.1, 0.15) is 5.56 Å². The van der Waals surface area contributed by atoms with Crippen molar-refractivity contribution >= 4 is 53.4 Å². The second-order valence-corrected chi connectivity index (χ2v) is 7.56. The lowest BCUT2D eigenvalue weighted by molar-refractivity contribution is 0.592. The number of nitrogens with one attached hydrogen (secondary N) is 1. The van der Waals surface area contributed by atoms with Gasteiger partial charge in [0.25, 0.3) is 10.0 Å². The molecule has 1 aromatic carbocycles. The Morgan fingerprint density at radius 2 is 1.85 bits per heavy atom. The van der Waals surface area contributed by atoms with Gasteiger partial charge in [0.2, 0.25) is 0 Å². The average molecular weight is 424 g/mol. The molecule has 0 aliphatic heterocycles. The summed E-state index contributed by atoms with van der Waals surface area (Å²) < 4.78 is 29.9. The van der Waals surface area contributed by atoms with Crippen LogP contribution in [0.2, 0.25) is 0 Å². The van der Waals surface area contributed by atoms with E-state index in [1.807, 2.05) is 19.1 Å². The van der Waals surface area contributed by atoms with Crippen molar-refractivity contribution in [3.63, 3.8) is 0 Å². The smallest absolute Gasteiger partial charge is 0.281 e. The number of benzene rings is 1. The monoisotopic (exact) mass is 422 g/mol. The summed E-state index contributed by atoms with van der Waals surface area (Å²) >= 11 is 6.68. The van der Waals surface area contributed by atoms with E-state index in [1.54, 1.807) is 7.05 Å². The van der Waals surface area contributed by atoms with Gasteiger partial charge in [-0.3, -0.25) is 4.72 Å². The van der Waals surface area contributed by atoms with Gasteiger partial charge in [0.15, 0.2) is 10.8 Å². The van der Waals surface area contributed by atoms with E-state index in [9.17, 15) is 8.42 Å². The van der Waals surface area contributed by atoms with Gasteiger partial charge in [0.05, 0.1) is 12.0 Å². The molecule has 0 bridgehead atoms.